The second-order valence-corrected chi connectivity index (χ2v) is 3.25. The van der Waals surface area contributed by atoms with Crippen LogP contribution in [0.3, 0.4) is 0 Å². The molecule has 0 spiro atoms. The third-order valence-corrected chi connectivity index (χ3v) is 2.00. The summed E-state index contributed by atoms with van der Waals surface area (Å²) in [4.78, 5) is 15.1. The van der Waals surface area contributed by atoms with Crippen LogP contribution in [0.2, 0.25) is 0 Å². The van der Waals surface area contributed by atoms with E-state index in [0.717, 1.165) is 16.8 Å². The summed E-state index contributed by atoms with van der Waals surface area (Å²) in [5.41, 5.74) is 0. The summed E-state index contributed by atoms with van der Waals surface area (Å²) < 4.78 is 0. The van der Waals surface area contributed by atoms with Crippen molar-refractivity contribution in [2.24, 2.45) is 0 Å². The van der Waals surface area contributed by atoms with Crippen LogP contribution in [0.4, 0.5) is 0 Å². The molecule has 0 atom stereocenters. The standard InChI is InChI=1S/C8H10N2OS/c1-9-6-8(11)12-7-4-2-3-5-10-7/h2-5,9H,6H2,1H3. The predicted octanol–water partition coefficient (Wildman–Crippen LogP) is 0.920. The number of thioether (sulfide) groups is 1. The molecule has 0 radical (unpaired) electrons. The first-order valence-electron chi connectivity index (χ1n) is 3.59. The van der Waals surface area contributed by atoms with E-state index in [0.29, 0.717) is 6.54 Å². The Kier molecular flexibility index (Phi) is 3.76. The number of rotatable bonds is 3. The number of carbonyl (C=O) groups excluding carboxylic acids is 1. The van der Waals surface area contributed by atoms with Crippen LogP contribution in [0.25, 0.3) is 0 Å². The van der Waals surface area contributed by atoms with Gasteiger partial charge in [0.15, 0.2) is 0 Å². The quantitative estimate of drug-likeness (QED) is 0.706. The van der Waals surface area contributed by atoms with Gasteiger partial charge in [0.1, 0.15) is 5.03 Å². The first kappa shape index (κ1) is 9.22. The van der Waals surface area contributed by atoms with E-state index in [2.05, 4.69) is 10.3 Å². The van der Waals surface area contributed by atoms with Gasteiger partial charge in [0, 0.05) is 6.20 Å². The molecule has 0 fully saturated rings. The molecule has 0 aliphatic rings. The van der Waals surface area contributed by atoms with Gasteiger partial charge in [-0.05, 0) is 30.9 Å². The number of hydrogen-bond donors (Lipinski definition) is 1. The molecular weight excluding hydrogens is 172 g/mol. The number of pyridine rings is 1. The maximum absolute atomic E-state index is 11.1. The average molecular weight is 182 g/mol. The van der Waals surface area contributed by atoms with Crippen molar-refractivity contribution in [2.75, 3.05) is 13.6 Å². The molecular formula is C8H10N2OS. The Hall–Kier alpha value is -0.870. The zero-order chi connectivity index (χ0) is 8.81. The van der Waals surface area contributed by atoms with Gasteiger partial charge >= 0.3 is 0 Å². The van der Waals surface area contributed by atoms with Crippen LogP contribution in [0.5, 0.6) is 0 Å². The zero-order valence-electron chi connectivity index (χ0n) is 6.78. The van der Waals surface area contributed by atoms with Gasteiger partial charge in [-0.25, -0.2) is 4.98 Å². The van der Waals surface area contributed by atoms with Crippen molar-refractivity contribution in [3.63, 3.8) is 0 Å². The van der Waals surface area contributed by atoms with E-state index in [-0.39, 0.29) is 5.12 Å². The Bertz CT molecular complexity index is 250. The molecule has 1 aromatic heterocycles. The van der Waals surface area contributed by atoms with Crippen LogP contribution in [0.15, 0.2) is 29.4 Å². The fraction of sp³-hybridized carbons (Fsp3) is 0.250. The van der Waals surface area contributed by atoms with Crippen molar-refractivity contribution >= 4 is 16.9 Å². The van der Waals surface area contributed by atoms with Crippen LogP contribution in [0, 0.1) is 0 Å². The van der Waals surface area contributed by atoms with E-state index in [1.165, 1.54) is 0 Å². The second-order valence-electron chi connectivity index (χ2n) is 2.17. The molecule has 1 aromatic rings. The molecule has 12 heavy (non-hydrogen) atoms. The number of nitrogens with one attached hydrogen (secondary N) is 1. The van der Waals surface area contributed by atoms with Gasteiger partial charge in [0.05, 0.1) is 6.54 Å². The highest BCUT2D eigenvalue weighted by atomic mass is 32.2. The topological polar surface area (TPSA) is 42.0 Å². The van der Waals surface area contributed by atoms with E-state index < -0.39 is 0 Å². The lowest BCUT2D eigenvalue weighted by atomic mass is 10.5. The van der Waals surface area contributed by atoms with E-state index in [1.54, 1.807) is 13.2 Å². The lowest BCUT2D eigenvalue weighted by Crippen LogP contribution is -2.15. The molecule has 0 aliphatic heterocycles. The van der Waals surface area contributed by atoms with Crippen molar-refractivity contribution in [3.8, 4) is 0 Å². The molecule has 4 heteroatoms. The predicted molar refractivity (Wildman–Crippen MR) is 49.0 cm³/mol. The first-order chi connectivity index (χ1) is 5.83. The fourth-order valence-corrected chi connectivity index (χ4v) is 1.41. The molecule has 1 rings (SSSR count). The molecule has 0 aromatic carbocycles. The molecule has 3 nitrogen and oxygen atoms in total. The van der Waals surface area contributed by atoms with Crippen LogP contribution < -0.4 is 5.32 Å². The fourth-order valence-electron chi connectivity index (χ4n) is 0.705. The van der Waals surface area contributed by atoms with Crippen molar-refractivity contribution in [1.29, 1.82) is 0 Å². The Labute approximate surface area is 75.6 Å². The summed E-state index contributed by atoms with van der Waals surface area (Å²) in [6.45, 7) is 0.376. The molecule has 0 aliphatic carbocycles. The molecule has 1 N–H and O–H groups in total. The van der Waals surface area contributed by atoms with Gasteiger partial charge < -0.3 is 5.32 Å². The SMILES string of the molecule is CNCC(=O)Sc1ccccn1. The zero-order valence-corrected chi connectivity index (χ0v) is 7.60. The van der Waals surface area contributed by atoms with E-state index >= 15 is 0 Å². The maximum atomic E-state index is 11.1. The highest BCUT2D eigenvalue weighted by molar-refractivity contribution is 8.13. The highest BCUT2D eigenvalue weighted by Gasteiger charge is 2.02. The summed E-state index contributed by atoms with van der Waals surface area (Å²) in [5.74, 6) is 0. The van der Waals surface area contributed by atoms with Crippen molar-refractivity contribution in [1.82, 2.24) is 10.3 Å². The molecule has 0 unspecified atom stereocenters. The third kappa shape index (κ3) is 3.02. The van der Waals surface area contributed by atoms with Crippen molar-refractivity contribution in [3.05, 3.63) is 24.4 Å². The van der Waals surface area contributed by atoms with Crippen molar-refractivity contribution in [2.45, 2.75) is 5.03 Å². The third-order valence-electron chi connectivity index (χ3n) is 1.18. The number of aromatic nitrogens is 1. The molecule has 0 bridgehead atoms. The molecule has 0 saturated heterocycles. The molecule has 0 amide bonds. The second kappa shape index (κ2) is 4.90. The minimum atomic E-state index is 0.0798. The maximum Gasteiger partial charge on any atom is 0.208 e. The summed E-state index contributed by atoms with van der Waals surface area (Å²) >= 11 is 1.16. The molecule has 0 saturated carbocycles. The number of nitrogens with zero attached hydrogens (tertiary/aromatic N) is 1. The lowest BCUT2D eigenvalue weighted by Gasteiger charge is -1.97. The van der Waals surface area contributed by atoms with E-state index in [9.17, 15) is 4.79 Å². The molecule has 1 heterocycles. The highest BCUT2D eigenvalue weighted by Crippen LogP contribution is 2.13. The largest absolute Gasteiger partial charge is 0.312 e. The average Bonchev–Trinajstić information content (AvgIpc) is 2.06. The summed E-state index contributed by atoms with van der Waals surface area (Å²) in [6, 6.07) is 5.51. The Morgan fingerprint density at radius 2 is 2.50 bits per heavy atom. The van der Waals surface area contributed by atoms with Gasteiger partial charge in [-0.15, -0.1) is 0 Å². The first-order valence-corrected chi connectivity index (χ1v) is 4.41. The van der Waals surface area contributed by atoms with Crippen LogP contribution in [0.1, 0.15) is 0 Å². The lowest BCUT2D eigenvalue weighted by molar-refractivity contribution is -0.110. The number of hydrogen-bond acceptors (Lipinski definition) is 4. The minimum Gasteiger partial charge on any atom is -0.312 e. The number of carbonyl (C=O) groups is 1. The number of likely N-dealkylation sites (N-methyl/N-ethyl adjacent to an activating group) is 1. The van der Waals surface area contributed by atoms with Gasteiger partial charge in [-0.2, -0.15) is 0 Å². The van der Waals surface area contributed by atoms with Crippen LogP contribution >= 0.6 is 11.8 Å². The minimum absolute atomic E-state index is 0.0798. The van der Waals surface area contributed by atoms with Gasteiger partial charge in [-0.1, -0.05) is 6.07 Å². The summed E-state index contributed by atoms with van der Waals surface area (Å²) in [5, 5.41) is 3.62. The Balaban J connectivity index is 2.47. The monoisotopic (exact) mass is 182 g/mol. The van der Waals surface area contributed by atoms with Crippen LogP contribution in [-0.4, -0.2) is 23.7 Å². The summed E-state index contributed by atoms with van der Waals surface area (Å²) in [6.07, 6.45) is 1.68. The van der Waals surface area contributed by atoms with Gasteiger partial charge in [0.2, 0.25) is 5.12 Å². The van der Waals surface area contributed by atoms with E-state index in [1.807, 2.05) is 18.2 Å². The van der Waals surface area contributed by atoms with Crippen LogP contribution in [-0.2, 0) is 4.79 Å². The summed E-state index contributed by atoms with van der Waals surface area (Å²) in [7, 11) is 1.75. The normalized spacial score (nSPS) is 9.75. The Morgan fingerprint density at radius 3 is 3.08 bits per heavy atom. The van der Waals surface area contributed by atoms with E-state index in [4.69, 9.17) is 0 Å². The Morgan fingerprint density at radius 1 is 1.67 bits per heavy atom. The van der Waals surface area contributed by atoms with Gasteiger partial charge in [-0.3, -0.25) is 4.79 Å². The smallest absolute Gasteiger partial charge is 0.208 e. The van der Waals surface area contributed by atoms with Crippen molar-refractivity contribution < 1.29 is 4.79 Å². The molecule has 64 valence electrons. The van der Waals surface area contributed by atoms with Gasteiger partial charge in [0.25, 0.3) is 0 Å².